The predicted molar refractivity (Wildman–Crippen MR) is 152 cm³/mol. The molecule has 0 aliphatic heterocycles. The summed E-state index contributed by atoms with van der Waals surface area (Å²) in [7, 11) is 0. The monoisotopic (exact) mass is 593 g/mol. The lowest BCUT2D eigenvalue weighted by Gasteiger charge is -2.27. The Morgan fingerprint density at radius 3 is 2.20 bits per heavy atom. The quantitative estimate of drug-likeness (QED) is 0.0689. The molecule has 0 saturated carbocycles. The molecule has 0 spiro atoms. The zero-order valence-electron chi connectivity index (χ0n) is 22.2. The Hall–Kier alpha value is -4.07. The summed E-state index contributed by atoms with van der Waals surface area (Å²) >= 11 is -1.26. The molecule has 218 valence electrons. The highest BCUT2D eigenvalue weighted by Crippen LogP contribution is 2.37. The number of alkyl halides is 5. The van der Waals surface area contributed by atoms with E-state index in [1.807, 2.05) is 0 Å². The van der Waals surface area contributed by atoms with Gasteiger partial charge in [0.05, 0.1) is 22.8 Å². The van der Waals surface area contributed by atoms with Gasteiger partial charge in [0, 0.05) is 30.5 Å². The van der Waals surface area contributed by atoms with Gasteiger partial charge in [-0.1, -0.05) is 18.2 Å². The van der Waals surface area contributed by atoms with Crippen LogP contribution in [0.4, 0.5) is 33.3 Å². The molecule has 6 N–H and O–H groups in total. The molecule has 41 heavy (non-hydrogen) atoms. The Balaban J connectivity index is 2.13. The van der Waals surface area contributed by atoms with Crippen LogP contribution in [0.2, 0.25) is 0 Å². The Labute approximate surface area is 236 Å². The zero-order valence-corrected chi connectivity index (χ0v) is 23.0. The number of hydrogen-bond donors (Lipinski definition) is 4. The van der Waals surface area contributed by atoms with E-state index < -0.39 is 34.9 Å². The van der Waals surface area contributed by atoms with Crippen LogP contribution in [0.3, 0.4) is 0 Å². The summed E-state index contributed by atoms with van der Waals surface area (Å²) in [6.45, 7) is 2.02. The summed E-state index contributed by atoms with van der Waals surface area (Å²) in [5.41, 5.74) is 7.15. The maximum Gasteiger partial charge on any atom is 0.573 e. The Bertz CT molecular complexity index is 1450. The molecule has 0 aliphatic rings. The number of ether oxygens (including phenoxy) is 1. The number of allylic oxidation sites excluding steroid dienone is 2. The van der Waals surface area contributed by atoms with Gasteiger partial charge in [0.25, 0.3) is 5.92 Å². The van der Waals surface area contributed by atoms with Gasteiger partial charge in [-0.2, -0.15) is 0 Å². The lowest BCUT2D eigenvalue weighted by atomic mass is 10.0. The third-order valence-corrected chi connectivity index (χ3v) is 6.58. The van der Waals surface area contributed by atoms with E-state index in [1.165, 1.54) is 31.4 Å². The van der Waals surface area contributed by atoms with E-state index in [-0.39, 0.29) is 22.8 Å². The smallest absolute Gasteiger partial charge is 0.573 e. The summed E-state index contributed by atoms with van der Waals surface area (Å²) in [5.74, 6) is 2.66. The summed E-state index contributed by atoms with van der Waals surface area (Å²) in [6, 6.07) is 16.4. The highest BCUT2D eigenvalue weighted by atomic mass is 32.2. The van der Waals surface area contributed by atoms with Crippen LogP contribution in [0.5, 0.6) is 5.75 Å². The van der Waals surface area contributed by atoms with Gasteiger partial charge in [0.15, 0.2) is 4.90 Å². The molecule has 0 bridgehead atoms. The number of nitrogens with zero attached hydrogens (tertiary/aromatic N) is 1. The summed E-state index contributed by atoms with van der Waals surface area (Å²) < 4.78 is 82.6. The largest absolute Gasteiger partial charge is 0.612 e. The molecule has 0 heterocycles. The van der Waals surface area contributed by atoms with Crippen LogP contribution >= 0.6 is 0 Å². The average molecular weight is 594 g/mol. The van der Waals surface area contributed by atoms with Crippen LogP contribution in [-0.4, -0.2) is 28.8 Å². The highest BCUT2D eigenvalue weighted by Gasteiger charge is 2.31. The maximum atomic E-state index is 14.5. The Morgan fingerprint density at radius 2 is 1.66 bits per heavy atom. The fourth-order valence-corrected chi connectivity index (χ4v) is 4.34. The van der Waals surface area contributed by atoms with E-state index in [0.717, 1.165) is 29.4 Å². The van der Waals surface area contributed by atoms with Crippen molar-refractivity contribution in [3.8, 4) is 16.9 Å². The van der Waals surface area contributed by atoms with Crippen LogP contribution in [0.1, 0.15) is 19.4 Å². The van der Waals surface area contributed by atoms with Gasteiger partial charge >= 0.3 is 6.36 Å². The van der Waals surface area contributed by atoms with E-state index in [0.29, 0.717) is 28.5 Å². The highest BCUT2D eigenvalue weighted by molar-refractivity contribution is 7.90. The summed E-state index contributed by atoms with van der Waals surface area (Å²) in [5, 5.41) is 11.4. The van der Waals surface area contributed by atoms with Crippen LogP contribution in [0, 0.1) is 5.41 Å². The minimum atomic E-state index is -4.88. The van der Waals surface area contributed by atoms with Crippen molar-refractivity contribution in [1.82, 2.24) is 0 Å². The first-order valence-electron chi connectivity index (χ1n) is 11.9. The van der Waals surface area contributed by atoms with Gasteiger partial charge in [-0.05, 0) is 77.8 Å². The Kier molecular flexibility index (Phi) is 9.69. The molecule has 13 heteroatoms. The third-order valence-electron chi connectivity index (χ3n) is 5.66. The zero-order chi connectivity index (χ0) is 30.5. The molecule has 0 fully saturated rings. The average Bonchev–Trinajstić information content (AvgIpc) is 2.88. The van der Waals surface area contributed by atoms with E-state index >= 15 is 0 Å². The first-order chi connectivity index (χ1) is 19.1. The van der Waals surface area contributed by atoms with Crippen molar-refractivity contribution in [3.05, 3.63) is 90.3 Å². The van der Waals surface area contributed by atoms with Gasteiger partial charge in [-0.25, -0.2) is 14.6 Å². The van der Waals surface area contributed by atoms with Crippen molar-refractivity contribution in [2.45, 2.75) is 31.0 Å². The summed E-state index contributed by atoms with van der Waals surface area (Å²) in [4.78, 5) is 0.567. The van der Waals surface area contributed by atoms with Crippen molar-refractivity contribution in [2.24, 2.45) is 11.6 Å². The molecule has 0 radical (unpaired) electrons. The van der Waals surface area contributed by atoms with Crippen molar-refractivity contribution in [3.63, 3.8) is 0 Å². The molecule has 0 saturated heterocycles. The van der Waals surface area contributed by atoms with E-state index in [2.05, 4.69) is 10.1 Å². The standard InChI is InChI=1S/C28H28F5N5O2S/c1-17(35)13-26(27(2,29)30)37-23-12-9-20(19-5-4-6-22(14-19)41(3)39)15-24(23)38(36)25(16-34)18-7-10-21(11-8-18)40-28(31,32)33/h4-16,35,37H,34,36H2,1-3H3/b25-16-,26-13-,35-17?. The second-order valence-corrected chi connectivity index (χ2v) is 10.3. The van der Waals surface area contributed by atoms with Crippen LogP contribution in [0.15, 0.2) is 89.6 Å². The minimum absolute atomic E-state index is 0.120. The molecule has 7 nitrogen and oxygen atoms in total. The molecular formula is C28H28F5N5O2S. The molecular weight excluding hydrogens is 565 g/mol. The molecule has 1 unspecified atom stereocenters. The molecule has 1 atom stereocenters. The number of rotatable bonds is 10. The normalized spacial score (nSPS) is 13.5. The first kappa shape index (κ1) is 31.5. The molecule has 0 aromatic heterocycles. The summed E-state index contributed by atoms with van der Waals surface area (Å²) in [6.07, 6.45) is -1.24. The molecule has 3 aromatic rings. The van der Waals surface area contributed by atoms with Crippen LogP contribution in [-0.2, 0) is 11.2 Å². The Morgan fingerprint density at radius 1 is 1.02 bits per heavy atom. The van der Waals surface area contributed by atoms with Gasteiger partial charge in [-0.15, -0.1) is 13.2 Å². The SMILES string of the molecule is CC(=N)/C=C(\Nc1ccc(-c2cccc([S+](C)[O-])c2)cc1N(N)/C(=C\N)c1ccc(OC(F)(F)F)cc1)C(C)(F)F. The maximum absolute atomic E-state index is 14.5. The van der Waals surface area contributed by atoms with Gasteiger partial charge < -0.3 is 25.7 Å². The number of hydrogen-bond acceptors (Lipinski definition) is 7. The predicted octanol–water partition coefficient (Wildman–Crippen LogP) is 6.62. The molecule has 0 amide bonds. The number of hydrazine groups is 1. The molecule has 0 aliphatic carbocycles. The molecule has 3 rings (SSSR count). The van der Waals surface area contributed by atoms with Crippen LogP contribution < -0.4 is 26.6 Å². The second-order valence-electron chi connectivity index (χ2n) is 8.96. The first-order valence-corrected chi connectivity index (χ1v) is 13.5. The fraction of sp³-hybridized carbons (Fsp3) is 0.179. The van der Waals surface area contributed by atoms with E-state index in [4.69, 9.17) is 17.0 Å². The molecule has 3 aromatic carbocycles. The van der Waals surface area contributed by atoms with Crippen molar-refractivity contribution < 1.29 is 31.2 Å². The van der Waals surface area contributed by atoms with Gasteiger partial charge in [0.2, 0.25) is 0 Å². The minimum Gasteiger partial charge on any atom is -0.612 e. The number of halogens is 5. The van der Waals surface area contributed by atoms with E-state index in [9.17, 15) is 26.5 Å². The number of nitrogens with one attached hydrogen (secondary N) is 2. The number of benzene rings is 3. The topological polar surface area (TPSA) is 123 Å². The van der Waals surface area contributed by atoms with Crippen molar-refractivity contribution >= 4 is 34.0 Å². The number of nitrogens with two attached hydrogens (primary N) is 2. The van der Waals surface area contributed by atoms with Crippen LogP contribution in [0.25, 0.3) is 16.8 Å². The van der Waals surface area contributed by atoms with Crippen molar-refractivity contribution in [2.75, 3.05) is 16.6 Å². The number of anilines is 2. The van der Waals surface area contributed by atoms with Gasteiger partial charge in [-0.3, -0.25) is 5.01 Å². The van der Waals surface area contributed by atoms with E-state index in [1.54, 1.807) is 36.4 Å². The third kappa shape index (κ3) is 8.46. The van der Waals surface area contributed by atoms with Crippen molar-refractivity contribution in [1.29, 1.82) is 5.41 Å². The van der Waals surface area contributed by atoms with Gasteiger partial charge in [0.1, 0.15) is 12.0 Å². The lowest BCUT2D eigenvalue weighted by Crippen LogP contribution is -2.31. The fourth-order valence-electron chi connectivity index (χ4n) is 3.78. The second kappa shape index (κ2) is 12.6. The lowest BCUT2D eigenvalue weighted by molar-refractivity contribution is -0.274.